The molecule has 1 heterocycles. The Morgan fingerprint density at radius 2 is 1.96 bits per heavy atom. The SMILES string of the molecule is COc1ccc(NC(N)=NCCNc2nc3ccccc3s2)cc1OC. The average Bonchev–Trinajstić information content (AvgIpc) is 3.08. The van der Waals surface area contributed by atoms with Crippen molar-refractivity contribution in [1.82, 2.24) is 4.98 Å². The van der Waals surface area contributed by atoms with Crippen LogP contribution in [0.15, 0.2) is 47.5 Å². The van der Waals surface area contributed by atoms with Crippen LogP contribution in [0.5, 0.6) is 11.5 Å². The second-order valence-electron chi connectivity index (χ2n) is 5.38. The van der Waals surface area contributed by atoms with E-state index in [0.29, 0.717) is 30.5 Å². The largest absolute Gasteiger partial charge is 0.493 e. The summed E-state index contributed by atoms with van der Waals surface area (Å²) in [7, 11) is 3.19. The van der Waals surface area contributed by atoms with Crippen molar-refractivity contribution in [2.45, 2.75) is 0 Å². The third-order valence-electron chi connectivity index (χ3n) is 3.62. The van der Waals surface area contributed by atoms with Crippen molar-refractivity contribution in [3.8, 4) is 11.5 Å². The van der Waals surface area contributed by atoms with E-state index in [1.54, 1.807) is 31.6 Å². The number of aromatic nitrogens is 1. The van der Waals surface area contributed by atoms with Gasteiger partial charge in [0.25, 0.3) is 0 Å². The Hall–Kier alpha value is -3.00. The number of aliphatic imine (C=N–C) groups is 1. The molecule has 0 aliphatic heterocycles. The van der Waals surface area contributed by atoms with E-state index in [0.717, 1.165) is 21.0 Å². The van der Waals surface area contributed by atoms with Crippen LogP contribution in [0.4, 0.5) is 10.8 Å². The van der Waals surface area contributed by atoms with Gasteiger partial charge in [-0.2, -0.15) is 0 Å². The van der Waals surface area contributed by atoms with E-state index in [1.807, 2.05) is 30.3 Å². The third-order valence-corrected chi connectivity index (χ3v) is 4.61. The molecule has 7 nitrogen and oxygen atoms in total. The topological polar surface area (TPSA) is 93.8 Å². The van der Waals surface area contributed by atoms with Crippen molar-refractivity contribution < 1.29 is 9.47 Å². The normalized spacial score (nSPS) is 11.4. The number of ether oxygens (including phenoxy) is 2. The lowest BCUT2D eigenvalue weighted by Gasteiger charge is -2.11. The number of guanidine groups is 1. The maximum atomic E-state index is 5.93. The molecule has 0 unspecified atom stereocenters. The standard InChI is InChI=1S/C18H21N5O2S/c1-24-14-8-7-12(11-15(14)25-2)22-17(19)20-9-10-21-18-23-13-5-3-4-6-16(13)26-18/h3-8,11H,9-10H2,1-2H3,(H,21,23)(H3,19,20,22). The number of nitrogens with two attached hydrogens (primary N) is 1. The first kappa shape index (κ1) is 17.8. The fourth-order valence-corrected chi connectivity index (χ4v) is 3.28. The Bertz CT molecular complexity index is 876. The zero-order valence-corrected chi connectivity index (χ0v) is 15.5. The van der Waals surface area contributed by atoms with Crippen molar-refractivity contribution >= 4 is 38.3 Å². The van der Waals surface area contributed by atoms with E-state index in [1.165, 1.54) is 0 Å². The van der Waals surface area contributed by atoms with Gasteiger partial charge in [0, 0.05) is 18.3 Å². The van der Waals surface area contributed by atoms with Crippen LogP contribution in [0.3, 0.4) is 0 Å². The number of rotatable bonds is 7. The van der Waals surface area contributed by atoms with Gasteiger partial charge in [0.1, 0.15) is 0 Å². The third kappa shape index (κ3) is 4.34. The van der Waals surface area contributed by atoms with E-state index in [4.69, 9.17) is 15.2 Å². The second kappa shape index (κ2) is 8.39. The molecule has 8 heteroatoms. The van der Waals surface area contributed by atoms with Gasteiger partial charge in [0.2, 0.25) is 0 Å². The first-order valence-corrected chi connectivity index (χ1v) is 8.89. The number of para-hydroxylation sites is 1. The molecule has 136 valence electrons. The summed E-state index contributed by atoms with van der Waals surface area (Å²) in [5.41, 5.74) is 7.71. The van der Waals surface area contributed by atoms with Crippen LogP contribution in [0.2, 0.25) is 0 Å². The van der Waals surface area contributed by atoms with Crippen molar-refractivity contribution in [2.75, 3.05) is 37.9 Å². The van der Waals surface area contributed by atoms with E-state index < -0.39 is 0 Å². The number of anilines is 2. The molecule has 0 amide bonds. The predicted molar refractivity (Wildman–Crippen MR) is 108 cm³/mol. The molecule has 0 spiro atoms. The smallest absolute Gasteiger partial charge is 0.193 e. The van der Waals surface area contributed by atoms with Gasteiger partial charge in [0.15, 0.2) is 22.6 Å². The number of hydrogen-bond acceptors (Lipinski definition) is 6. The lowest BCUT2D eigenvalue weighted by atomic mass is 10.3. The minimum Gasteiger partial charge on any atom is -0.493 e. The molecular weight excluding hydrogens is 350 g/mol. The summed E-state index contributed by atoms with van der Waals surface area (Å²) >= 11 is 1.62. The first-order chi connectivity index (χ1) is 12.7. The minimum atomic E-state index is 0.336. The fourth-order valence-electron chi connectivity index (χ4n) is 2.39. The van der Waals surface area contributed by atoms with Crippen LogP contribution >= 0.6 is 11.3 Å². The van der Waals surface area contributed by atoms with Crippen molar-refractivity contribution in [2.24, 2.45) is 10.7 Å². The summed E-state index contributed by atoms with van der Waals surface area (Å²) in [5.74, 6) is 1.62. The van der Waals surface area contributed by atoms with Gasteiger partial charge in [-0.15, -0.1) is 0 Å². The maximum absolute atomic E-state index is 5.93. The quantitative estimate of drug-likeness (QED) is 0.336. The zero-order chi connectivity index (χ0) is 18.4. The van der Waals surface area contributed by atoms with Gasteiger partial charge in [-0.3, -0.25) is 4.99 Å². The maximum Gasteiger partial charge on any atom is 0.193 e. The number of benzene rings is 2. The molecule has 1 aromatic heterocycles. The van der Waals surface area contributed by atoms with E-state index in [-0.39, 0.29) is 0 Å². The number of nitrogens with one attached hydrogen (secondary N) is 2. The van der Waals surface area contributed by atoms with Crippen LogP contribution < -0.4 is 25.8 Å². The van der Waals surface area contributed by atoms with Gasteiger partial charge in [0.05, 0.1) is 31.0 Å². The molecule has 2 aromatic carbocycles. The predicted octanol–water partition coefficient (Wildman–Crippen LogP) is 3.15. The molecule has 0 radical (unpaired) electrons. The van der Waals surface area contributed by atoms with Crippen LogP contribution in [-0.4, -0.2) is 38.3 Å². The van der Waals surface area contributed by atoms with Crippen molar-refractivity contribution in [1.29, 1.82) is 0 Å². The average molecular weight is 371 g/mol. The Kier molecular flexibility index (Phi) is 5.75. The lowest BCUT2D eigenvalue weighted by Crippen LogP contribution is -2.23. The van der Waals surface area contributed by atoms with Gasteiger partial charge >= 0.3 is 0 Å². The number of thiazole rings is 1. The molecular formula is C18H21N5O2S. The Labute approximate surface area is 155 Å². The Morgan fingerprint density at radius 1 is 1.15 bits per heavy atom. The number of fused-ring (bicyclic) bond motifs is 1. The van der Waals surface area contributed by atoms with Gasteiger partial charge in [-0.1, -0.05) is 23.5 Å². The Morgan fingerprint density at radius 3 is 2.73 bits per heavy atom. The summed E-state index contributed by atoms with van der Waals surface area (Å²) in [6, 6.07) is 13.5. The highest BCUT2D eigenvalue weighted by molar-refractivity contribution is 7.22. The number of hydrogen-bond donors (Lipinski definition) is 3. The fraction of sp³-hybridized carbons (Fsp3) is 0.222. The van der Waals surface area contributed by atoms with E-state index in [9.17, 15) is 0 Å². The Balaban J connectivity index is 1.52. The highest BCUT2D eigenvalue weighted by atomic mass is 32.1. The summed E-state index contributed by atoms with van der Waals surface area (Å²) in [6.07, 6.45) is 0. The monoisotopic (exact) mass is 371 g/mol. The molecule has 0 aliphatic carbocycles. The molecule has 0 fully saturated rings. The van der Waals surface area contributed by atoms with Crippen LogP contribution in [-0.2, 0) is 0 Å². The molecule has 26 heavy (non-hydrogen) atoms. The van der Waals surface area contributed by atoms with Crippen LogP contribution in [0, 0.1) is 0 Å². The summed E-state index contributed by atoms with van der Waals surface area (Å²) in [6.45, 7) is 1.18. The second-order valence-corrected chi connectivity index (χ2v) is 6.41. The molecule has 3 rings (SSSR count). The first-order valence-electron chi connectivity index (χ1n) is 8.08. The zero-order valence-electron chi connectivity index (χ0n) is 14.7. The molecule has 0 bridgehead atoms. The van der Waals surface area contributed by atoms with Crippen LogP contribution in [0.25, 0.3) is 10.2 Å². The minimum absolute atomic E-state index is 0.336. The molecule has 0 atom stereocenters. The summed E-state index contributed by atoms with van der Waals surface area (Å²) in [5, 5.41) is 7.19. The highest BCUT2D eigenvalue weighted by Crippen LogP contribution is 2.29. The molecule has 0 saturated carbocycles. The van der Waals surface area contributed by atoms with Crippen molar-refractivity contribution in [3.05, 3.63) is 42.5 Å². The van der Waals surface area contributed by atoms with Gasteiger partial charge < -0.3 is 25.8 Å². The summed E-state index contributed by atoms with van der Waals surface area (Å²) in [4.78, 5) is 8.83. The lowest BCUT2D eigenvalue weighted by molar-refractivity contribution is 0.355. The summed E-state index contributed by atoms with van der Waals surface area (Å²) < 4.78 is 11.6. The number of methoxy groups -OCH3 is 2. The van der Waals surface area contributed by atoms with Gasteiger partial charge in [-0.05, 0) is 24.3 Å². The molecule has 3 aromatic rings. The molecule has 4 N–H and O–H groups in total. The van der Waals surface area contributed by atoms with Crippen LogP contribution in [0.1, 0.15) is 0 Å². The van der Waals surface area contributed by atoms with E-state index >= 15 is 0 Å². The molecule has 0 aliphatic rings. The van der Waals surface area contributed by atoms with E-state index in [2.05, 4.69) is 26.7 Å². The number of nitrogens with zero attached hydrogens (tertiary/aromatic N) is 2. The van der Waals surface area contributed by atoms with Crippen molar-refractivity contribution in [3.63, 3.8) is 0 Å². The molecule has 0 saturated heterocycles. The highest BCUT2D eigenvalue weighted by Gasteiger charge is 2.05. The van der Waals surface area contributed by atoms with Gasteiger partial charge in [-0.25, -0.2) is 4.98 Å².